The van der Waals surface area contributed by atoms with Crippen molar-refractivity contribution in [2.75, 3.05) is 0 Å². The van der Waals surface area contributed by atoms with Crippen molar-refractivity contribution in [3.05, 3.63) is 47.8 Å². The summed E-state index contributed by atoms with van der Waals surface area (Å²) in [7, 11) is 0. The molecule has 4 nitrogen and oxygen atoms in total. The molecule has 6 heteroatoms. The van der Waals surface area contributed by atoms with Gasteiger partial charge in [0.25, 0.3) is 0 Å². The Labute approximate surface area is 107 Å². The fourth-order valence-corrected chi connectivity index (χ4v) is 1.78. The fourth-order valence-electron chi connectivity index (χ4n) is 1.78. The molecule has 0 radical (unpaired) electrons. The van der Waals surface area contributed by atoms with E-state index in [-0.39, 0.29) is 17.7 Å². The van der Waals surface area contributed by atoms with Gasteiger partial charge < -0.3 is 9.67 Å². The van der Waals surface area contributed by atoms with Crippen molar-refractivity contribution in [1.29, 1.82) is 5.26 Å². The Hall–Kier alpha value is -2.68. The quantitative estimate of drug-likeness (QED) is 0.923. The van der Waals surface area contributed by atoms with Gasteiger partial charge in [0.05, 0.1) is 5.56 Å². The van der Waals surface area contributed by atoms with Gasteiger partial charge in [-0.25, -0.2) is 8.78 Å². The highest BCUT2D eigenvalue weighted by molar-refractivity contribution is 5.72. The highest BCUT2D eigenvalue weighted by Gasteiger charge is 2.12. The zero-order valence-corrected chi connectivity index (χ0v) is 9.60. The van der Waals surface area contributed by atoms with Crippen LogP contribution in [-0.4, -0.2) is 15.6 Å². The van der Waals surface area contributed by atoms with Gasteiger partial charge in [-0.2, -0.15) is 5.26 Å². The molecular weight excluding hydrogens is 254 g/mol. The Morgan fingerprint density at radius 3 is 2.42 bits per heavy atom. The van der Waals surface area contributed by atoms with Crippen LogP contribution in [0.1, 0.15) is 5.56 Å². The molecule has 96 valence electrons. The lowest BCUT2D eigenvalue weighted by Crippen LogP contribution is -2.06. The summed E-state index contributed by atoms with van der Waals surface area (Å²) < 4.78 is 27.6. The van der Waals surface area contributed by atoms with Crippen LogP contribution >= 0.6 is 0 Å². The van der Waals surface area contributed by atoms with Gasteiger partial charge in [0.2, 0.25) is 0 Å². The minimum atomic E-state index is -1.07. The second kappa shape index (κ2) is 4.90. The van der Waals surface area contributed by atoms with E-state index in [1.165, 1.54) is 17.0 Å². The third-order valence-corrected chi connectivity index (χ3v) is 2.49. The van der Waals surface area contributed by atoms with Crippen LogP contribution in [0.5, 0.6) is 0 Å². The fraction of sp³-hybridized carbons (Fsp3) is 0.0769. The van der Waals surface area contributed by atoms with E-state index in [4.69, 9.17) is 10.4 Å². The lowest BCUT2D eigenvalue weighted by Gasteiger charge is -2.00. The predicted molar refractivity (Wildman–Crippen MR) is 62.1 cm³/mol. The SMILES string of the molecule is N#Cc1cn(CC(=O)O)cc1-c1cc(F)cc(F)c1. The summed E-state index contributed by atoms with van der Waals surface area (Å²) in [5.74, 6) is -2.59. The third-order valence-electron chi connectivity index (χ3n) is 2.49. The Morgan fingerprint density at radius 2 is 1.89 bits per heavy atom. The lowest BCUT2D eigenvalue weighted by molar-refractivity contribution is -0.137. The van der Waals surface area contributed by atoms with Crippen LogP contribution in [0.25, 0.3) is 11.1 Å². The van der Waals surface area contributed by atoms with E-state index >= 15 is 0 Å². The largest absolute Gasteiger partial charge is 0.480 e. The number of hydrogen-bond acceptors (Lipinski definition) is 2. The zero-order valence-electron chi connectivity index (χ0n) is 9.60. The van der Waals surface area contributed by atoms with Gasteiger partial charge >= 0.3 is 5.97 Å². The Balaban J connectivity index is 2.52. The van der Waals surface area contributed by atoms with Crippen LogP contribution in [0.4, 0.5) is 8.78 Å². The van der Waals surface area contributed by atoms with Crippen LogP contribution in [0.3, 0.4) is 0 Å². The molecule has 0 amide bonds. The maximum Gasteiger partial charge on any atom is 0.323 e. The summed E-state index contributed by atoms with van der Waals surface area (Å²) in [5.41, 5.74) is 0.645. The van der Waals surface area contributed by atoms with Crippen LogP contribution < -0.4 is 0 Å². The first-order valence-corrected chi connectivity index (χ1v) is 5.27. The van der Waals surface area contributed by atoms with E-state index in [9.17, 15) is 13.6 Å². The number of benzene rings is 1. The summed E-state index contributed by atoms with van der Waals surface area (Å²) in [6.07, 6.45) is 2.70. The van der Waals surface area contributed by atoms with E-state index in [1.807, 2.05) is 6.07 Å². The van der Waals surface area contributed by atoms with E-state index in [2.05, 4.69) is 0 Å². The van der Waals surface area contributed by atoms with Crippen molar-refractivity contribution in [3.8, 4) is 17.2 Å². The van der Waals surface area contributed by atoms with E-state index in [0.717, 1.165) is 18.2 Å². The van der Waals surface area contributed by atoms with E-state index in [1.54, 1.807) is 0 Å². The normalized spacial score (nSPS) is 10.2. The molecule has 1 aromatic carbocycles. The van der Waals surface area contributed by atoms with Crippen molar-refractivity contribution in [2.45, 2.75) is 6.54 Å². The number of nitriles is 1. The summed E-state index contributed by atoms with van der Waals surface area (Å²) in [4.78, 5) is 10.6. The Bertz CT molecular complexity index is 666. The molecule has 0 fully saturated rings. The Kier molecular flexibility index (Phi) is 3.29. The first-order chi connectivity index (χ1) is 8.99. The number of rotatable bonds is 3. The number of carboxylic acid groups (broad SMARTS) is 1. The average Bonchev–Trinajstić information content (AvgIpc) is 2.69. The maximum absolute atomic E-state index is 13.1. The second-order valence-corrected chi connectivity index (χ2v) is 3.92. The summed E-state index contributed by atoms with van der Waals surface area (Å²) in [6.45, 7) is -0.327. The standard InChI is InChI=1S/C13H8F2N2O2/c14-10-1-8(2-11(15)3-10)12-6-17(7-13(18)19)5-9(12)4-16/h1-3,5-6H,7H2,(H,18,19). The summed E-state index contributed by atoms with van der Waals surface area (Å²) >= 11 is 0. The molecule has 0 aliphatic carbocycles. The molecule has 0 bridgehead atoms. The highest BCUT2D eigenvalue weighted by atomic mass is 19.1. The zero-order chi connectivity index (χ0) is 14.0. The molecule has 0 saturated carbocycles. The summed E-state index contributed by atoms with van der Waals surface area (Å²) in [5, 5.41) is 17.6. The molecule has 0 saturated heterocycles. The van der Waals surface area contributed by atoms with E-state index in [0.29, 0.717) is 5.56 Å². The van der Waals surface area contributed by atoms with Crippen LogP contribution in [0.15, 0.2) is 30.6 Å². The molecule has 1 heterocycles. The minimum absolute atomic E-state index is 0.159. The molecule has 2 rings (SSSR count). The van der Waals surface area contributed by atoms with Crippen LogP contribution in [0.2, 0.25) is 0 Å². The molecule has 19 heavy (non-hydrogen) atoms. The molecule has 0 aliphatic heterocycles. The van der Waals surface area contributed by atoms with Gasteiger partial charge in [0, 0.05) is 24.0 Å². The van der Waals surface area contributed by atoms with Gasteiger partial charge in [-0.1, -0.05) is 0 Å². The number of carboxylic acids is 1. The number of aromatic nitrogens is 1. The number of hydrogen-bond donors (Lipinski definition) is 1. The molecule has 0 aliphatic rings. The van der Waals surface area contributed by atoms with Crippen molar-refractivity contribution in [3.63, 3.8) is 0 Å². The molecule has 2 aromatic rings. The summed E-state index contributed by atoms with van der Waals surface area (Å²) in [6, 6.07) is 4.77. The number of aliphatic carboxylic acids is 1. The molecule has 1 aromatic heterocycles. The highest BCUT2D eigenvalue weighted by Crippen LogP contribution is 2.26. The number of halogens is 2. The predicted octanol–water partition coefficient (Wildman–Crippen LogP) is 2.39. The molecule has 0 atom stereocenters. The molecule has 0 unspecified atom stereocenters. The van der Waals surface area contributed by atoms with Crippen molar-refractivity contribution < 1.29 is 18.7 Å². The van der Waals surface area contributed by atoms with E-state index < -0.39 is 17.6 Å². The number of carbonyl (C=O) groups is 1. The van der Waals surface area contributed by atoms with Gasteiger partial charge in [0.1, 0.15) is 24.2 Å². The molecular formula is C13H8F2N2O2. The smallest absolute Gasteiger partial charge is 0.323 e. The topological polar surface area (TPSA) is 66.0 Å². The first kappa shape index (κ1) is 12.8. The maximum atomic E-state index is 13.1. The van der Waals surface area contributed by atoms with Gasteiger partial charge in [-0.05, 0) is 17.7 Å². The average molecular weight is 262 g/mol. The van der Waals surface area contributed by atoms with Gasteiger partial charge in [-0.15, -0.1) is 0 Å². The monoisotopic (exact) mass is 262 g/mol. The molecule has 1 N–H and O–H groups in total. The van der Waals surface area contributed by atoms with Gasteiger partial charge in [0.15, 0.2) is 0 Å². The second-order valence-electron chi connectivity index (χ2n) is 3.92. The number of nitrogens with zero attached hydrogens (tertiary/aromatic N) is 2. The first-order valence-electron chi connectivity index (χ1n) is 5.27. The van der Waals surface area contributed by atoms with Crippen molar-refractivity contribution >= 4 is 5.97 Å². The van der Waals surface area contributed by atoms with Gasteiger partial charge in [-0.3, -0.25) is 4.79 Å². The minimum Gasteiger partial charge on any atom is -0.480 e. The Morgan fingerprint density at radius 1 is 1.26 bits per heavy atom. The van der Waals surface area contributed by atoms with Crippen LogP contribution in [-0.2, 0) is 11.3 Å². The van der Waals surface area contributed by atoms with Crippen LogP contribution in [0, 0.1) is 23.0 Å². The van der Waals surface area contributed by atoms with Crippen molar-refractivity contribution in [1.82, 2.24) is 4.57 Å². The third kappa shape index (κ3) is 2.77. The molecule has 0 spiro atoms. The lowest BCUT2D eigenvalue weighted by atomic mass is 10.1. The van der Waals surface area contributed by atoms with Crippen molar-refractivity contribution in [2.24, 2.45) is 0 Å².